The molecule has 2 aromatic heterocycles. The van der Waals surface area contributed by atoms with Crippen molar-refractivity contribution < 1.29 is 17.7 Å². The number of hydrogen-bond donors (Lipinski definition) is 0. The summed E-state index contributed by atoms with van der Waals surface area (Å²) in [5.41, 5.74) is 1.31. The summed E-state index contributed by atoms with van der Waals surface area (Å²) in [5.74, 6) is 0.914. The molecule has 1 fully saturated rings. The van der Waals surface area contributed by atoms with Gasteiger partial charge in [0, 0.05) is 38.8 Å². The zero-order valence-corrected chi connectivity index (χ0v) is 15.4. The van der Waals surface area contributed by atoms with E-state index in [0.29, 0.717) is 50.1 Å². The molecular formula is C16H22N4O4S. The van der Waals surface area contributed by atoms with Gasteiger partial charge in [-0.25, -0.2) is 13.4 Å². The topological polar surface area (TPSA) is 88.8 Å². The van der Waals surface area contributed by atoms with Gasteiger partial charge in [-0.3, -0.25) is 4.90 Å². The minimum absolute atomic E-state index is 0.190. The summed E-state index contributed by atoms with van der Waals surface area (Å²) in [7, 11) is -1.98. The predicted molar refractivity (Wildman–Crippen MR) is 90.8 cm³/mol. The van der Waals surface area contributed by atoms with Crippen LogP contribution in [0, 0.1) is 13.8 Å². The Bertz CT molecular complexity index is 822. The highest BCUT2D eigenvalue weighted by Crippen LogP contribution is 2.24. The SMILES string of the molecule is COc1cccc(CN2CCN(S(=O)(=O)c3c(C)noc3C)CC2)n1. The normalized spacial score (nSPS) is 16.9. The van der Waals surface area contributed by atoms with E-state index in [9.17, 15) is 8.42 Å². The van der Waals surface area contributed by atoms with Crippen LogP contribution in [0.2, 0.25) is 0 Å². The monoisotopic (exact) mass is 366 g/mol. The van der Waals surface area contributed by atoms with Crippen molar-refractivity contribution in [2.75, 3.05) is 33.3 Å². The summed E-state index contributed by atoms with van der Waals surface area (Å²) in [6, 6.07) is 5.65. The Labute approximate surface area is 147 Å². The van der Waals surface area contributed by atoms with Gasteiger partial charge < -0.3 is 9.26 Å². The smallest absolute Gasteiger partial charge is 0.248 e. The lowest BCUT2D eigenvalue weighted by atomic mass is 10.3. The fourth-order valence-corrected chi connectivity index (χ4v) is 4.70. The first kappa shape index (κ1) is 17.8. The Kier molecular flexibility index (Phi) is 5.07. The lowest BCUT2D eigenvalue weighted by Gasteiger charge is -2.33. The Morgan fingerprint density at radius 1 is 1.20 bits per heavy atom. The Morgan fingerprint density at radius 2 is 1.92 bits per heavy atom. The second-order valence-corrected chi connectivity index (χ2v) is 7.88. The maximum atomic E-state index is 12.8. The number of hydrogen-bond acceptors (Lipinski definition) is 7. The number of aromatic nitrogens is 2. The standard InChI is InChI=1S/C16H22N4O4S/c1-12-16(13(2)24-18-12)25(21,22)20-9-7-19(8-10-20)11-14-5-4-6-15(17-14)23-3/h4-6H,7-11H2,1-3H3. The Morgan fingerprint density at radius 3 is 2.52 bits per heavy atom. The lowest BCUT2D eigenvalue weighted by Crippen LogP contribution is -2.48. The molecule has 8 nitrogen and oxygen atoms in total. The highest BCUT2D eigenvalue weighted by Gasteiger charge is 2.33. The average molecular weight is 366 g/mol. The third-order valence-electron chi connectivity index (χ3n) is 4.27. The summed E-state index contributed by atoms with van der Waals surface area (Å²) in [6.45, 7) is 6.07. The first-order chi connectivity index (χ1) is 11.9. The third kappa shape index (κ3) is 3.68. The number of ether oxygens (including phenoxy) is 1. The van der Waals surface area contributed by atoms with Crippen molar-refractivity contribution >= 4 is 10.0 Å². The van der Waals surface area contributed by atoms with Gasteiger partial charge in [-0.05, 0) is 19.9 Å². The van der Waals surface area contributed by atoms with E-state index < -0.39 is 10.0 Å². The molecule has 25 heavy (non-hydrogen) atoms. The highest BCUT2D eigenvalue weighted by atomic mass is 32.2. The number of nitrogens with zero attached hydrogens (tertiary/aromatic N) is 4. The summed E-state index contributed by atoms with van der Waals surface area (Å²) < 4.78 is 37.3. The van der Waals surface area contributed by atoms with E-state index in [1.54, 1.807) is 27.0 Å². The molecule has 1 aliphatic heterocycles. The van der Waals surface area contributed by atoms with Crippen molar-refractivity contribution in [3.8, 4) is 5.88 Å². The van der Waals surface area contributed by atoms with Gasteiger partial charge in [-0.2, -0.15) is 4.31 Å². The molecule has 0 N–H and O–H groups in total. The van der Waals surface area contributed by atoms with E-state index in [4.69, 9.17) is 9.26 Å². The van der Waals surface area contributed by atoms with E-state index in [0.717, 1.165) is 5.69 Å². The van der Waals surface area contributed by atoms with Crippen LogP contribution in [-0.4, -0.2) is 61.1 Å². The second-order valence-electron chi connectivity index (χ2n) is 6.00. The first-order valence-electron chi connectivity index (χ1n) is 8.07. The summed E-state index contributed by atoms with van der Waals surface area (Å²) in [6.07, 6.45) is 0. The van der Waals surface area contributed by atoms with Gasteiger partial charge in [0.2, 0.25) is 15.9 Å². The maximum absolute atomic E-state index is 12.8. The molecule has 0 unspecified atom stereocenters. The molecule has 136 valence electrons. The fraction of sp³-hybridized carbons (Fsp3) is 0.500. The Balaban J connectivity index is 1.65. The quantitative estimate of drug-likeness (QED) is 0.785. The lowest BCUT2D eigenvalue weighted by molar-refractivity contribution is 0.179. The maximum Gasteiger partial charge on any atom is 0.248 e. The predicted octanol–water partition coefficient (Wildman–Crippen LogP) is 1.20. The van der Waals surface area contributed by atoms with E-state index in [1.165, 1.54) is 4.31 Å². The van der Waals surface area contributed by atoms with Crippen LogP contribution in [0.5, 0.6) is 5.88 Å². The van der Waals surface area contributed by atoms with Crippen LogP contribution in [0.15, 0.2) is 27.6 Å². The number of sulfonamides is 1. The van der Waals surface area contributed by atoms with Crippen LogP contribution < -0.4 is 4.74 Å². The minimum Gasteiger partial charge on any atom is -0.481 e. The fourth-order valence-electron chi connectivity index (χ4n) is 2.99. The molecule has 0 aliphatic carbocycles. The van der Waals surface area contributed by atoms with Gasteiger partial charge >= 0.3 is 0 Å². The van der Waals surface area contributed by atoms with Gasteiger partial charge in [0.25, 0.3) is 0 Å². The molecule has 0 bridgehead atoms. The number of methoxy groups -OCH3 is 1. The van der Waals surface area contributed by atoms with Gasteiger partial charge in [0.1, 0.15) is 10.6 Å². The zero-order valence-electron chi connectivity index (χ0n) is 14.6. The number of pyridine rings is 1. The summed E-state index contributed by atoms with van der Waals surface area (Å²) in [4.78, 5) is 6.77. The van der Waals surface area contributed by atoms with Gasteiger partial charge in [-0.15, -0.1) is 0 Å². The van der Waals surface area contributed by atoms with Gasteiger partial charge in [-0.1, -0.05) is 11.2 Å². The Hall–Kier alpha value is -1.97. The molecule has 0 atom stereocenters. The van der Waals surface area contributed by atoms with Crippen LogP contribution in [0.1, 0.15) is 17.1 Å². The highest BCUT2D eigenvalue weighted by molar-refractivity contribution is 7.89. The van der Waals surface area contributed by atoms with Crippen LogP contribution in [0.4, 0.5) is 0 Å². The van der Waals surface area contributed by atoms with Gasteiger partial charge in [0.15, 0.2) is 5.76 Å². The van der Waals surface area contributed by atoms with Crippen molar-refractivity contribution in [2.24, 2.45) is 0 Å². The van der Waals surface area contributed by atoms with E-state index in [2.05, 4.69) is 15.0 Å². The molecule has 0 aromatic carbocycles. The molecule has 0 radical (unpaired) electrons. The molecule has 1 aliphatic rings. The molecule has 0 saturated carbocycles. The van der Waals surface area contributed by atoms with E-state index in [-0.39, 0.29) is 4.90 Å². The molecule has 2 aromatic rings. The van der Waals surface area contributed by atoms with Crippen molar-refractivity contribution in [3.05, 3.63) is 35.3 Å². The van der Waals surface area contributed by atoms with Crippen LogP contribution in [0.3, 0.4) is 0 Å². The summed E-state index contributed by atoms with van der Waals surface area (Å²) in [5, 5.41) is 3.75. The van der Waals surface area contributed by atoms with Crippen molar-refractivity contribution in [3.63, 3.8) is 0 Å². The van der Waals surface area contributed by atoms with Crippen LogP contribution >= 0.6 is 0 Å². The van der Waals surface area contributed by atoms with E-state index in [1.807, 2.05) is 12.1 Å². The van der Waals surface area contributed by atoms with Crippen molar-refractivity contribution in [1.82, 2.24) is 19.3 Å². The average Bonchev–Trinajstić information content (AvgIpc) is 2.95. The largest absolute Gasteiger partial charge is 0.481 e. The number of piperazine rings is 1. The number of aryl methyl sites for hydroxylation is 2. The zero-order chi connectivity index (χ0) is 18.0. The van der Waals surface area contributed by atoms with E-state index >= 15 is 0 Å². The molecule has 0 spiro atoms. The number of rotatable bonds is 5. The van der Waals surface area contributed by atoms with Crippen LogP contribution in [-0.2, 0) is 16.6 Å². The molecule has 3 rings (SSSR count). The molecule has 9 heteroatoms. The molecule has 1 saturated heterocycles. The van der Waals surface area contributed by atoms with Crippen molar-refractivity contribution in [2.45, 2.75) is 25.3 Å². The summed E-state index contributed by atoms with van der Waals surface area (Å²) >= 11 is 0. The molecule has 3 heterocycles. The first-order valence-corrected chi connectivity index (χ1v) is 9.51. The third-order valence-corrected chi connectivity index (χ3v) is 6.42. The van der Waals surface area contributed by atoms with Gasteiger partial charge in [0.05, 0.1) is 12.8 Å². The molecular weight excluding hydrogens is 344 g/mol. The van der Waals surface area contributed by atoms with Crippen LogP contribution in [0.25, 0.3) is 0 Å². The van der Waals surface area contributed by atoms with Crippen molar-refractivity contribution in [1.29, 1.82) is 0 Å². The molecule has 0 amide bonds. The second kappa shape index (κ2) is 7.11. The minimum atomic E-state index is -3.57.